The summed E-state index contributed by atoms with van der Waals surface area (Å²) in [5.74, 6) is 0.444. The Bertz CT molecular complexity index is 1110. The van der Waals surface area contributed by atoms with E-state index in [0.29, 0.717) is 18.8 Å². The minimum absolute atomic E-state index is 0.0574. The third-order valence-corrected chi connectivity index (χ3v) is 5.69. The number of esters is 1. The van der Waals surface area contributed by atoms with Crippen LogP contribution in [0.15, 0.2) is 98.1 Å². The predicted molar refractivity (Wildman–Crippen MR) is 141 cm³/mol. The zero-order chi connectivity index (χ0) is 24.9. The molecule has 0 heterocycles. The lowest BCUT2D eigenvalue weighted by Crippen LogP contribution is -2.02. The molecule has 4 heteroatoms. The van der Waals surface area contributed by atoms with Crippen LogP contribution in [0.4, 0.5) is 0 Å². The minimum Gasteiger partial charge on any atom is -0.494 e. The molecular weight excluding hydrogens is 436 g/mol. The van der Waals surface area contributed by atoms with E-state index in [0.717, 1.165) is 54.5 Å². The Balaban J connectivity index is 1.41. The second-order valence-electron chi connectivity index (χ2n) is 8.30. The maximum absolute atomic E-state index is 11.7. The third kappa shape index (κ3) is 8.42. The molecule has 0 aliphatic heterocycles. The molecule has 0 fully saturated rings. The molecule has 180 valence electrons. The molecule has 0 radical (unpaired) electrons. The average molecular weight is 469 g/mol. The maximum Gasteiger partial charge on any atom is 0.330 e. The van der Waals surface area contributed by atoms with Crippen LogP contribution in [0.2, 0.25) is 0 Å². The monoisotopic (exact) mass is 468 g/mol. The van der Waals surface area contributed by atoms with Gasteiger partial charge in [-0.25, -0.2) is 4.79 Å². The summed E-state index contributed by atoms with van der Waals surface area (Å²) in [6.07, 6.45) is 7.20. The first kappa shape index (κ1) is 25.7. The van der Waals surface area contributed by atoms with E-state index in [9.17, 15) is 9.59 Å². The molecule has 0 aliphatic carbocycles. The maximum atomic E-state index is 11.7. The van der Waals surface area contributed by atoms with Crippen molar-refractivity contribution in [2.45, 2.75) is 32.1 Å². The molecule has 0 aromatic heterocycles. The summed E-state index contributed by atoms with van der Waals surface area (Å²) >= 11 is 0. The molecule has 0 saturated heterocycles. The van der Waals surface area contributed by atoms with Gasteiger partial charge in [-0.1, -0.05) is 73.8 Å². The molecule has 0 amide bonds. The zero-order valence-electron chi connectivity index (χ0n) is 20.1. The largest absolute Gasteiger partial charge is 0.494 e. The number of allylic oxidation sites excluding steroid dienone is 1. The van der Waals surface area contributed by atoms with Crippen LogP contribution in [0.5, 0.6) is 5.75 Å². The summed E-state index contributed by atoms with van der Waals surface area (Å²) < 4.78 is 10.8. The van der Waals surface area contributed by atoms with Crippen LogP contribution in [0.3, 0.4) is 0 Å². The van der Waals surface area contributed by atoms with Gasteiger partial charge >= 0.3 is 5.97 Å². The lowest BCUT2D eigenvalue weighted by atomic mass is 9.99. The first-order valence-corrected chi connectivity index (χ1v) is 12.0. The Morgan fingerprint density at radius 1 is 0.657 bits per heavy atom. The summed E-state index contributed by atoms with van der Waals surface area (Å²) in [6, 6.07) is 24.4. The number of hydrogen-bond acceptors (Lipinski definition) is 4. The molecule has 0 bridgehead atoms. The van der Waals surface area contributed by atoms with Crippen molar-refractivity contribution in [3.63, 3.8) is 0 Å². The summed E-state index contributed by atoms with van der Waals surface area (Å²) in [5.41, 5.74) is 5.34. The lowest BCUT2D eigenvalue weighted by Gasteiger charge is -2.09. The molecule has 0 saturated carbocycles. The van der Waals surface area contributed by atoms with E-state index in [1.165, 1.54) is 17.7 Å². The molecule has 0 atom stereocenters. The first-order chi connectivity index (χ1) is 17.1. The molecule has 3 aromatic carbocycles. The van der Waals surface area contributed by atoms with Gasteiger partial charge in [-0.15, -0.1) is 0 Å². The Morgan fingerprint density at radius 3 is 1.77 bits per heavy atom. The van der Waals surface area contributed by atoms with Crippen molar-refractivity contribution in [2.24, 2.45) is 0 Å². The molecular formula is C31H32O4. The number of ether oxygens (including phenoxy) is 2. The normalized spacial score (nSPS) is 10.4. The Morgan fingerprint density at radius 2 is 1.20 bits per heavy atom. The highest BCUT2D eigenvalue weighted by atomic mass is 16.5. The van der Waals surface area contributed by atoms with Crippen molar-refractivity contribution in [3.05, 3.63) is 115 Å². The van der Waals surface area contributed by atoms with Gasteiger partial charge in [-0.3, -0.25) is 4.79 Å². The van der Waals surface area contributed by atoms with Gasteiger partial charge in [0, 0.05) is 11.6 Å². The molecule has 4 nitrogen and oxygen atoms in total. The fourth-order valence-corrected chi connectivity index (χ4v) is 3.68. The third-order valence-electron chi connectivity index (χ3n) is 5.69. The molecule has 0 spiro atoms. The number of ketones is 1. The van der Waals surface area contributed by atoms with Crippen molar-refractivity contribution in [2.75, 3.05) is 13.2 Å². The number of unbranched alkanes of at least 4 members (excludes halogenated alkanes) is 3. The van der Waals surface area contributed by atoms with Gasteiger partial charge < -0.3 is 9.47 Å². The van der Waals surface area contributed by atoms with Gasteiger partial charge in [-0.05, 0) is 72.6 Å². The Labute approximate surface area is 207 Å². The smallest absolute Gasteiger partial charge is 0.330 e. The van der Waals surface area contributed by atoms with Gasteiger partial charge in [0.15, 0.2) is 5.78 Å². The summed E-state index contributed by atoms with van der Waals surface area (Å²) in [5, 5.41) is 0. The van der Waals surface area contributed by atoms with Gasteiger partial charge in [-0.2, -0.15) is 0 Å². The van der Waals surface area contributed by atoms with Crippen molar-refractivity contribution in [1.82, 2.24) is 0 Å². The number of rotatable bonds is 14. The van der Waals surface area contributed by atoms with E-state index >= 15 is 0 Å². The number of carbonyl (C=O) groups excluding carboxylic acids is 2. The molecule has 0 N–H and O–H groups in total. The predicted octanol–water partition coefficient (Wildman–Crippen LogP) is 6.98. The van der Waals surface area contributed by atoms with Crippen molar-refractivity contribution >= 4 is 11.8 Å². The van der Waals surface area contributed by atoms with E-state index in [4.69, 9.17) is 9.47 Å². The summed E-state index contributed by atoms with van der Waals surface area (Å²) in [6.45, 7) is 8.02. The van der Waals surface area contributed by atoms with E-state index in [1.807, 2.05) is 36.4 Å². The number of hydrogen-bond donors (Lipinski definition) is 0. The first-order valence-electron chi connectivity index (χ1n) is 12.0. The average Bonchev–Trinajstić information content (AvgIpc) is 2.90. The van der Waals surface area contributed by atoms with E-state index in [1.54, 1.807) is 0 Å². The van der Waals surface area contributed by atoms with Crippen molar-refractivity contribution in [1.29, 1.82) is 0 Å². The second-order valence-corrected chi connectivity index (χ2v) is 8.30. The van der Waals surface area contributed by atoms with Crippen LogP contribution < -0.4 is 4.74 Å². The number of carbonyl (C=O) groups is 2. The fraction of sp³-hybridized carbons (Fsp3) is 0.226. The van der Waals surface area contributed by atoms with E-state index < -0.39 is 0 Å². The van der Waals surface area contributed by atoms with Gasteiger partial charge in [0.2, 0.25) is 0 Å². The topological polar surface area (TPSA) is 52.6 Å². The molecule has 35 heavy (non-hydrogen) atoms. The van der Waals surface area contributed by atoms with Gasteiger partial charge in [0.1, 0.15) is 5.75 Å². The van der Waals surface area contributed by atoms with Crippen molar-refractivity contribution in [3.8, 4) is 16.9 Å². The Kier molecular flexibility index (Phi) is 10.1. The second kappa shape index (κ2) is 13.7. The van der Waals surface area contributed by atoms with Gasteiger partial charge in [0.25, 0.3) is 0 Å². The van der Waals surface area contributed by atoms with Crippen LogP contribution in [-0.4, -0.2) is 25.0 Å². The van der Waals surface area contributed by atoms with E-state index in [2.05, 4.69) is 49.6 Å². The summed E-state index contributed by atoms with van der Waals surface area (Å²) in [4.78, 5) is 22.6. The van der Waals surface area contributed by atoms with Crippen molar-refractivity contribution < 1.29 is 19.1 Å². The molecule has 3 aromatic rings. The highest BCUT2D eigenvalue weighted by Crippen LogP contribution is 2.24. The summed E-state index contributed by atoms with van der Waals surface area (Å²) in [7, 11) is 0. The molecule has 0 unspecified atom stereocenters. The van der Waals surface area contributed by atoms with E-state index in [-0.39, 0.29) is 11.8 Å². The van der Waals surface area contributed by atoms with Crippen LogP contribution in [-0.2, 0) is 16.0 Å². The minimum atomic E-state index is -0.363. The highest BCUT2D eigenvalue weighted by Gasteiger charge is 2.04. The molecule has 3 rings (SSSR count). The molecule has 0 aliphatic rings. The van der Waals surface area contributed by atoms with Gasteiger partial charge in [0.05, 0.1) is 13.2 Å². The number of benzene rings is 3. The fourth-order valence-electron chi connectivity index (χ4n) is 3.68. The Hall–Kier alpha value is -3.92. The van der Waals surface area contributed by atoms with Crippen LogP contribution in [0.1, 0.15) is 47.2 Å². The van der Waals surface area contributed by atoms with Crippen LogP contribution >= 0.6 is 0 Å². The zero-order valence-corrected chi connectivity index (χ0v) is 20.1. The lowest BCUT2D eigenvalue weighted by molar-refractivity contribution is -0.137. The standard InChI is InChI=1S/C31H32O4/c1-3-30(32)28-15-11-25(12-16-28)23-24-9-13-26(14-10-24)27-17-19-29(20-18-27)34-21-7-5-6-8-22-35-31(33)4-2/h3-4,9-20H,1-2,5-8,21-23H2. The quantitative estimate of drug-likeness (QED) is 0.111. The SMILES string of the molecule is C=CC(=O)OCCCCCCOc1ccc(-c2ccc(Cc3ccc(C(=O)C=C)cc3)cc2)cc1. The highest BCUT2D eigenvalue weighted by molar-refractivity contribution is 6.04. The van der Waals surface area contributed by atoms with Crippen LogP contribution in [0, 0.1) is 0 Å². The van der Waals surface area contributed by atoms with Crippen LogP contribution in [0.25, 0.3) is 11.1 Å².